The van der Waals surface area contributed by atoms with Gasteiger partial charge >= 0.3 is 12.0 Å². The van der Waals surface area contributed by atoms with Crippen molar-refractivity contribution in [1.29, 1.82) is 0 Å². The van der Waals surface area contributed by atoms with E-state index in [1.165, 1.54) is 9.80 Å². The molecule has 4 rings (SSSR count). The first-order valence-corrected chi connectivity index (χ1v) is 14.1. The Morgan fingerprint density at radius 2 is 1.85 bits per heavy atom. The van der Waals surface area contributed by atoms with Gasteiger partial charge in [0.2, 0.25) is 5.91 Å². The van der Waals surface area contributed by atoms with E-state index in [1.54, 1.807) is 14.2 Å². The second-order valence-corrected chi connectivity index (χ2v) is 11.2. The van der Waals surface area contributed by atoms with E-state index in [4.69, 9.17) is 21.1 Å². The van der Waals surface area contributed by atoms with Crippen molar-refractivity contribution in [3.8, 4) is 11.5 Å². The molecule has 0 radical (unpaired) electrons. The number of imide groups is 1. The van der Waals surface area contributed by atoms with E-state index >= 15 is 0 Å². The number of carbonyl (C=O) groups excluding carboxylic acids is 2. The van der Waals surface area contributed by atoms with Gasteiger partial charge in [-0.05, 0) is 48.2 Å². The van der Waals surface area contributed by atoms with Gasteiger partial charge in [-0.2, -0.15) is 0 Å². The fourth-order valence-electron chi connectivity index (χ4n) is 5.61. The molecule has 0 bridgehead atoms. The molecule has 1 aliphatic heterocycles. The predicted molar refractivity (Wildman–Crippen MR) is 152 cm³/mol. The number of halogens is 1. The molecular weight excluding hydrogens is 534 g/mol. The molecule has 9 nitrogen and oxygen atoms in total. The summed E-state index contributed by atoms with van der Waals surface area (Å²) in [5.74, 6) is -0.0195. The SMILES string of the molecule is COc1cc(CNCC2(C(=O)O)CCCCC2)cc(C(C)c2ccc(Cl)cc2)c1OCCN1C(=O)CN(C)C1=O. The summed E-state index contributed by atoms with van der Waals surface area (Å²) < 4.78 is 12.0. The molecule has 1 unspecified atom stereocenters. The summed E-state index contributed by atoms with van der Waals surface area (Å²) in [7, 11) is 3.16. The quantitative estimate of drug-likeness (QED) is 0.349. The van der Waals surface area contributed by atoms with Crippen molar-refractivity contribution in [2.24, 2.45) is 5.41 Å². The van der Waals surface area contributed by atoms with Crippen molar-refractivity contribution in [1.82, 2.24) is 15.1 Å². The number of ether oxygens (including phenoxy) is 2. The lowest BCUT2D eigenvalue weighted by molar-refractivity contribution is -0.150. The minimum atomic E-state index is -0.737. The molecule has 2 aromatic carbocycles. The number of carboxylic acid groups (broad SMARTS) is 1. The number of urea groups is 1. The fourth-order valence-corrected chi connectivity index (χ4v) is 5.74. The highest BCUT2D eigenvalue weighted by Gasteiger charge is 2.39. The van der Waals surface area contributed by atoms with E-state index in [2.05, 4.69) is 12.2 Å². The number of carbonyl (C=O) groups is 3. The van der Waals surface area contributed by atoms with Crippen molar-refractivity contribution in [3.05, 3.63) is 58.1 Å². The third-order valence-corrected chi connectivity index (χ3v) is 8.30. The van der Waals surface area contributed by atoms with Crippen LogP contribution >= 0.6 is 11.6 Å². The van der Waals surface area contributed by atoms with Crippen LogP contribution in [-0.4, -0.2) is 73.2 Å². The summed E-state index contributed by atoms with van der Waals surface area (Å²) in [6.07, 6.45) is 4.31. The molecule has 0 spiro atoms. The Morgan fingerprint density at radius 1 is 1.15 bits per heavy atom. The van der Waals surface area contributed by atoms with E-state index in [1.807, 2.05) is 36.4 Å². The maximum Gasteiger partial charge on any atom is 0.327 e. The summed E-state index contributed by atoms with van der Waals surface area (Å²) in [6, 6.07) is 11.2. The minimum absolute atomic E-state index is 0.0614. The van der Waals surface area contributed by atoms with E-state index in [0.29, 0.717) is 42.5 Å². The number of likely N-dealkylation sites (N-methyl/N-ethyl adjacent to an activating group) is 1. The molecule has 1 saturated carbocycles. The number of rotatable bonds is 12. The molecule has 1 atom stereocenters. The van der Waals surface area contributed by atoms with Gasteiger partial charge in [0.15, 0.2) is 11.5 Å². The molecule has 2 N–H and O–H groups in total. The van der Waals surface area contributed by atoms with Crippen LogP contribution in [-0.2, 0) is 16.1 Å². The smallest absolute Gasteiger partial charge is 0.327 e. The summed E-state index contributed by atoms with van der Waals surface area (Å²) >= 11 is 6.13. The van der Waals surface area contributed by atoms with Gasteiger partial charge in [-0.25, -0.2) is 4.79 Å². The zero-order valence-electron chi connectivity index (χ0n) is 23.4. The number of nitrogens with one attached hydrogen (secondary N) is 1. The third kappa shape index (κ3) is 6.53. The van der Waals surface area contributed by atoms with Crippen LogP contribution in [0.25, 0.3) is 0 Å². The van der Waals surface area contributed by atoms with Gasteiger partial charge in [-0.15, -0.1) is 0 Å². The standard InChI is InChI=1S/C30H38ClN3O6/c1-20(22-7-9-23(31)10-8-22)24-15-21(17-32-19-30(28(36)37)11-5-4-6-12-30)16-25(39-3)27(24)40-14-13-34-26(35)18-33(2)29(34)38/h7-10,15-16,20,32H,4-6,11-14,17-19H2,1-3H3,(H,36,37). The fraction of sp³-hybridized carbons (Fsp3) is 0.500. The van der Waals surface area contributed by atoms with Gasteiger partial charge in [-0.1, -0.05) is 49.9 Å². The lowest BCUT2D eigenvalue weighted by Crippen LogP contribution is -2.42. The first-order valence-electron chi connectivity index (χ1n) is 13.7. The molecule has 1 saturated heterocycles. The van der Waals surface area contributed by atoms with Crippen molar-refractivity contribution in [3.63, 3.8) is 0 Å². The zero-order valence-corrected chi connectivity index (χ0v) is 24.1. The van der Waals surface area contributed by atoms with Gasteiger partial charge in [0.05, 0.1) is 19.1 Å². The van der Waals surface area contributed by atoms with Gasteiger partial charge in [0.25, 0.3) is 0 Å². The second kappa shape index (κ2) is 12.9. The zero-order chi connectivity index (χ0) is 28.9. The highest BCUT2D eigenvalue weighted by atomic mass is 35.5. The van der Waals surface area contributed by atoms with Gasteiger partial charge in [0.1, 0.15) is 13.2 Å². The summed E-state index contributed by atoms with van der Waals surface area (Å²) in [4.78, 5) is 39.2. The molecule has 3 amide bonds. The number of hydrogen-bond donors (Lipinski definition) is 2. The van der Waals surface area contributed by atoms with Crippen LogP contribution in [0.3, 0.4) is 0 Å². The van der Waals surface area contributed by atoms with Crippen LogP contribution < -0.4 is 14.8 Å². The number of methoxy groups -OCH3 is 1. The minimum Gasteiger partial charge on any atom is -0.493 e. The molecule has 10 heteroatoms. The molecule has 2 aliphatic rings. The number of benzene rings is 2. The van der Waals surface area contributed by atoms with Crippen molar-refractivity contribution < 1.29 is 29.0 Å². The highest BCUT2D eigenvalue weighted by Crippen LogP contribution is 2.40. The number of amides is 3. The maximum absolute atomic E-state index is 12.3. The summed E-state index contributed by atoms with van der Waals surface area (Å²) in [5.41, 5.74) is 2.10. The summed E-state index contributed by atoms with van der Waals surface area (Å²) in [5, 5.41) is 14.0. The van der Waals surface area contributed by atoms with E-state index in [0.717, 1.165) is 36.0 Å². The van der Waals surface area contributed by atoms with Crippen molar-refractivity contribution in [2.75, 3.05) is 40.4 Å². The van der Waals surface area contributed by atoms with Crippen LogP contribution in [0.15, 0.2) is 36.4 Å². The molecule has 1 aliphatic carbocycles. The number of nitrogens with zero attached hydrogens (tertiary/aromatic N) is 2. The van der Waals surface area contributed by atoms with Crippen LogP contribution in [0.5, 0.6) is 11.5 Å². The first-order chi connectivity index (χ1) is 19.1. The summed E-state index contributed by atoms with van der Waals surface area (Å²) in [6.45, 7) is 3.23. The van der Waals surface area contributed by atoms with Crippen LogP contribution in [0.1, 0.15) is 61.6 Å². The number of carboxylic acids is 1. The normalized spacial score (nSPS) is 17.7. The van der Waals surface area contributed by atoms with Gasteiger partial charge < -0.3 is 24.8 Å². The Labute approximate surface area is 240 Å². The molecule has 216 valence electrons. The Bertz CT molecular complexity index is 1230. The van der Waals surface area contributed by atoms with Crippen LogP contribution in [0.4, 0.5) is 4.79 Å². The first kappa shape index (κ1) is 29.7. The Kier molecular flexibility index (Phi) is 9.58. The molecule has 40 heavy (non-hydrogen) atoms. The average Bonchev–Trinajstić information content (AvgIpc) is 3.19. The monoisotopic (exact) mass is 571 g/mol. The third-order valence-electron chi connectivity index (χ3n) is 8.05. The number of aliphatic carboxylic acids is 1. The van der Waals surface area contributed by atoms with E-state index < -0.39 is 11.4 Å². The second-order valence-electron chi connectivity index (χ2n) is 10.8. The largest absolute Gasteiger partial charge is 0.493 e. The van der Waals surface area contributed by atoms with Crippen LogP contribution in [0.2, 0.25) is 5.02 Å². The van der Waals surface area contributed by atoms with Crippen molar-refractivity contribution in [2.45, 2.75) is 51.5 Å². The van der Waals surface area contributed by atoms with Crippen LogP contribution in [0, 0.1) is 5.41 Å². The molecule has 2 fully saturated rings. The Morgan fingerprint density at radius 3 is 2.45 bits per heavy atom. The lowest BCUT2D eigenvalue weighted by atomic mass is 9.74. The number of hydrogen-bond acceptors (Lipinski definition) is 6. The Balaban J connectivity index is 1.57. The average molecular weight is 572 g/mol. The Hall–Kier alpha value is -3.30. The van der Waals surface area contributed by atoms with Gasteiger partial charge in [-0.3, -0.25) is 14.5 Å². The van der Waals surface area contributed by atoms with E-state index in [-0.39, 0.29) is 37.6 Å². The topological polar surface area (TPSA) is 108 Å². The van der Waals surface area contributed by atoms with E-state index in [9.17, 15) is 19.5 Å². The highest BCUT2D eigenvalue weighted by molar-refractivity contribution is 6.30. The van der Waals surface area contributed by atoms with Crippen molar-refractivity contribution >= 4 is 29.5 Å². The van der Waals surface area contributed by atoms with Gasteiger partial charge in [0, 0.05) is 36.6 Å². The molecular formula is C30H38ClN3O6. The molecule has 1 heterocycles. The molecule has 0 aromatic heterocycles. The predicted octanol–water partition coefficient (Wildman–Crippen LogP) is 4.90. The lowest BCUT2D eigenvalue weighted by Gasteiger charge is -2.33. The maximum atomic E-state index is 12.3. The molecule has 2 aromatic rings.